The number of nitrogens with two attached hydrogens (primary N) is 1. The van der Waals surface area contributed by atoms with E-state index < -0.39 is 10.0 Å². The molecule has 104 valence electrons. The second kappa shape index (κ2) is 4.65. The molecule has 1 saturated heterocycles. The van der Waals surface area contributed by atoms with E-state index in [0.29, 0.717) is 35.6 Å². The van der Waals surface area contributed by atoms with Crippen molar-refractivity contribution in [3.8, 4) is 0 Å². The molecule has 2 aliphatic rings. The minimum atomic E-state index is -3.43. The zero-order valence-electron chi connectivity index (χ0n) is 10.5. The fourth-order valence-corrected chi connectivity index (χ4v) is 4.93. The molecule has 0 spiro atoms. The van der Waals surface area contributed by atoms with E-state index in [-0.39, 0.29) is 4.90 Å². The first-order valence-corrected chi connectivity index (χ1v) is 8.35. The van der Waals surface area contributed by atoms with E-state index in [9.17, 15) is 8.42 Å². The monoisotopic (exact) mass is 300 g/mol. The molecule has 19 heavy (non-hydrogen) atoms. The Morgan fingerprint density at radius 1 is 1.21 bits per heavy atom. The Hall–Kier alpha value is -0.780. The van der Waals surface area contributed by atoms with Gasteiger partial charge >= 0.3 is 0 Å². The predicted octanol–water partition coefficient (Wildman–Crippen LogP) is 2.34. The first-order valence-electron chi connectivity index (χ1n) is 6.53. The van der Waals surface area contributed by atoms with Crippen molar-refractivity contribution < 1.29 is 8.42 Å². The molecule has 2 fully saturated rings. The Bertz CT molecular complexity index is 591. The van der Waals surface area contributed by atoms with Gasteiger partial charge in [-0.3, -0.25) is 0 Å². The van der Waals surface area contributed by atoms with Gasteiger partial charge in [-0.05, 0) is 42.9 Å². The van der Waals surface area contributed by atoms with Crippen LogP contribution < -0.4 is 5.73 Å². The molecule has 0 aromatic heterocycles. The highest BCUT2D eigenvalue weighted by molar-refractivity contribution is 7.89. The molecule has 1 aliphatic heterocycles. The van der Waals surface area contributed by atoms with Gasteiger partial charge in [0.05, 0.1) is 15.6 Å². The minimum Gasteiger partial charge on any atom is -0.397 e. The number of rotatable bonds is 2. The Morgan fingerprint density at radius 2 is 1.84 bits per heavy atom. The molecule has 0 amide bonds. The average Bonchev–Trinajstić information content (AvgIpc) is 2.93. The van der Waals surface area contributed by atoms with Crippen LogP contribution in [0.25, 0.3) is 0 Å². The molecule has 0 radical (unpaired) electrons. The number of hydrogen-bond acceptors (Lipinski definition) is 3. The van der Waals surface area contributed by atoms with Crippen LogP contribution in [0.3, 0.4) is 0 Å². The van der Waals surface area contributed by atoms with Crippen molar-refractivity contribution in [1.82, 2.24) is 4.31 Å². The number of halogens is 1. The fourth-order valence-electron chi connectivity index (χ4n) is 3.22. The molecule has 1 aromatic rings. The van der Waals surface area contributed by atoms with Crippen molar-refractivity contribution in [3.05, 3.63) is 23.2 Å². The van der Waals surface area contributed by atoms with Gasteiger partial charge in [0.2, 0.25) is 10.0 Å². The number of sulfonamides is 1. The molecule has 6 heteroatoms. The van der Waals surface area contributed by atoms with Gasteiger partial charge < -0.3 is 5.73 Å². The van der Waals surface area contributed by atoms with Crippen LogP contribution in [0.1, 0.15) is 19.3 Å². The fraction of sp³-hybridized carbons (Fsp3) is 0.538. The molecule has 3 rings (SSSR count). The third-order valence-electron chi connectivity index (χ3n) is 4.30. The summed E-state index contributed by atoms with van der Waals surface area (Å²) in [7, 11) is -3.43. The number of hydrogen-bond donors (Lipinski definition) is 1. The largest absolute Gasteiger partial charge is 0.397 e. The van der Waals surface area contributed by atoms with E-state index >= 15 is 0 Å². The van der Waals surface area contributed by atoms with Crippen molar-refractivity contribution in [2.24, 2.45) is 11.8 Å². The number of fused-ring (bicyclic) bond motifs is 1. The van der Waals surface area contributed by atoms with Gasteiger partial charge in [0.25, 0.3) is 0 Å². The first-order chi connectivity index (χ1) is 8.98. The lowest BCUT2D eigenvalue weighted by atomic mass is 10.0. The van der Waals surface area contributed by atoms with Crippen LogP contribution >= 0.6 is 11.6 Å². The van der Waals surface area contributed by atoms with Crippen LogP contribution in [0.15, 0.2) is 23.1 Å². The summed E-state index contributed by atoms with van der Waals surface area (Å²) in [4.78, 5) is 0.245. The highest BCUT2D eigenvalue weighted by Crippen LogP contribution is 2.40. The molecular formula is C13H17ClN2O2S. The summed E-state index contributed by atoms with van der Waals surface area (Å²) >= 11 is 5.83. The zero-order chi connectivity index (χ0) is 13.6. The Labute approximate surface area is 118 Å². The van der Waals surface area contributed by atoms with Gasteiger partial charge in [0, 0.05) is 13.1 Å². The number of nitrogens with zero attached hydrogens (tertiary/aromatic N) is 1. The van der Waals surface area contributed by atoms with Crippen LogP contribution in [-0.2, 0) is 10.0 Å². The van der Waals surface area contributed by atoms with E-state index in [1.54, 1.807) is 10.4 Å². The highest BCUT2D eigenvalue weighted by Gasteiger charge is 2.41. The number of benzene rings is 1. The summed E-state index contributed by atoms with van der Waals surface area (Å²) in [6.07, 6.45) is 3.54. The minimum absolute atomic E-state index is 0.245. The summed E-state index contributed by atoms with van der Waals surface area (Å²) in [6, 6.07) is 4.52. The third-order valence-corrected chi connectivity index (χ3v) is 6.47. The van der Waals surface area contributed by atoms with Crippen molar-refractivity contribution in [3.63, 3.8) is 0 Å². The van der Waals surface area contributed by atoms with Gasteiger partial charge in [0.15, 0.2) is 0 Å². The molecule has 1 saturated carbocycles. The van der Waals surface area contributed by atoms with E-state index in [1.807, 2.05) is 0 Å². The van der Waals surface area contributed by atoms with Crippen LogP contribution in [0.5, 0.6) is 0 Å². The zero-order valence-corrected chi connectivity index (χ0v) is 12.1. The maximum absolute atomic E-state index is 12.6. The van der Waals surface area contributed by atoms with Crippen molar-refractivity contribution in [2.75, 3.05) is 18.8 Å². The molecule has 1 aliphatic carbocycles. The van der Waals surface area contributed by atoms with Gasteiger partial charge in [-0.15, -0.1) is 0 Å². The average molecular weight is 301 g/mol. The molecule has 1 heterocycles. The van der Waals surface area contributed by atoms with E-state index in [1.165, 1.54) is 18.6 Å². The molecule has 2 atom stereocenters. The second-order valence-electron chi connectivity index (χ2n) is 5.46. The number of nitrogen functional groups attached to an aromatic ring is 1. The normalized spacial score (nSPS) is 27.6. The van der Waals surface area contributed by atoms with Crippen LogP contribution in [0, 0.1) is 11.8 Å². The molecule has 2 unspecified atom stereocenters. The van der Waals surface area contributed by atoms with E-state index in [2.05, 4.69) is 0 Å². The first kappa shape index (κ1) is 13.2. The quantitative estimate of drug-likeness (QED) is 0.853. The second-order valence-corrected chi connectivity index (χ2v) is 7.80. The standard InChI is InChI=1S/C13H17ClN2O2S/c14-12-5-4-11(6-13(12)15)19(17,18)16-7-9-2-1-3-10(9)8-16/h4-6,9-10H,1-3,7-8,15H2. The molecule has 0 bridgehead atoms. The smallest absolute Gasteiger partial charge is 0.243 e. The van der Waals surface area contributed by atoms with Crippen LogP contribution in [0.4, 0.5) is 5.69 Å². The summed E-state index contributed by atoms with van der Waals surface area (Å²) in [5.41, 5.74) is 6.00. The van der Waals surface area contributed by atoms with Gasteiger partial charge in [-0.2, -0.15) is 4.31 Å². The highest BCUT2D eigenvalue weighted by atomic mass is 35.5. The lowest BCUT2D eigenvalue weighted by Gasteiger charge is -2.17. The van der Waals surface area contributed by atoms with Gasteiger partial charge in [0.1, 0.15) is 0 Å². The Morgan fingerprint density at radius 3 is 2.42 bits per heavy atom. The Balaban J connectivity index is 1.88. The maximum Gasteiger partial charge on any atom is 0.243 e. The van der Waals surface area contributed by atoms with Gasteiger partial charge in [-0.25, -0.2) is 8.42 Å². The third kappa shape index (κ3) is 2.24. The molecule has 4 nitrogen and oxygen atoms in total. The van der Waals surface area contributed by atoms with Crippen molar-refractivity contribution in [1.29, 1.82) is 0 Å². The van der Waals surface area contributed by atoms with E-state index in [0.717, 1.165) is 12.8 Å². The van der Waals surface area contributed by atoms with Crippen LogP contribution in [-0.4, -0.2) is 25.8 Å². The molecule has 1 aromatic carbocycles. The summed E-state index contributed by atoms with van der Waals surface area (Å²) in [5, 5.41) is 0.386. The summed E-state index contributed by atoms with van der Waals surface area (Å²) < 4.78 is 26.7. The lowest BCUT2D eigenvalue weighted by molar-refractivity contribution is 0.445. The summed E-state index contributed by atoms with van der Waals surface area (Å²) in [5.74, 6) is 1.08. The van der Waals surface area contributed by atoms with E-state index in [4.69, 9.17) is 17.3 Å². The van der Waals surface area contributed by atoms with Crippen molar-refractivity contribution >= 4 is 27.3 Å². The SMILES string of the molecule is Nc1cc(S(=O)(=O)N2CC3CCCC3C2)ccc1Cl. The predicted molar refractivity (Wildman–Crippen MR) is 75.5 cm³/mol. The Kier molecular flexibility index (Phi) is 3.23. The van der Waals surface area contributed by atoms with Crippen molar-refractivity contribution in [2.45, 2.75) is 24.2 Å². The molecular weight excluding hydrogens is 284 g/mol. The maximum atomic E-state index is 12.6. The van der Waals surface area contributed by atoms with Gasteiger partial charge in [-0.1, -0.05) is 18.0 Å². The topological polar surface area (TPSA) is 63.4 Å². The van der Waals surface area contributed by atoms with Crippen LogP contribution in [0.2, 0.25) is 5.02 Å². The summed E-state index contributed by atoms with van der Waals surface area (Å²) in [6.45, 7) is 1.30. The lowest BCUT2D eigenvalue weighted by Crippen LogP contribution is -2.29. The number of anilines is 1. The molecule has 2 N–H and O–H groups in total.